The maximum absolute atomic E-state index is 6.08. The number of hydrogen-bond donors (Lipinski definition) is 1. The molecular weight excluding hydrogens is 438 g/mol. The molecule has 0 heterocycles. The Kier molecular flexibility index (Phi) is 8.50. The number of nitrogens with one attached hydrogen (secondary N) is 1. The van der Waals surface area contributed by atoms with Crippen LogP contribution >= 0.6 is 27.5 Å². The molecule has 1 aliphatic carbocycles. The molecule has 0 aliphatic heterocycles. The van der Waals surface area contributed by atoms with Crippen molar-refractivity contribution in [3.05, 3.63) is 57.0 Å². The minimum Gasteiger partial charge on any atom is -0.490 e. The largest absolute Gasteiger partial charge is 0.490 e. The van der Waals surface area contributed by atoms with E-state index in [9.17, 15) is 0 Å². The van der Waals surface area contributed by atoms with Gasteiger partial charge in [-0.2, -0.15) is 0 Å². The van der Waals surface area contributed by atoms with Gasteiger partial charge in [0.15, 0.2) is 11.5 Å². The first-order valence-corrected chi connectivity index (χ1v) is 11.4. The molecule has 2 aromatic carbocycles. The highest BCUT2D eigenvalue weighted by Crippen LogP contribution is 2.37. The van der Waals surface area contributed by atoms with Crippen molar-refractivity contribution >= 4 is 27.5 Å². The average Bonchev–Trinajstić information content (AvgIpc) is 2.96. The molecular formula is C23H29BrClNO2. The Labute approximate surface area is 181 Å². The number of halogens is 2. The van der Waals surface area contributed by atoms with E-state index in [-0.39, 0.29) is 0 Å². The maximum atomic E-state index is 6.08. The highest BCUT2D eigenvalue weighted by atomic mass is 79.9. The Balaban J connectivity index is 1.67. The summed E-state index contributed by atoms with van der Waals surface area (Å²) >= 11 is 9.64. The second-order valence-corrected chi connectivity index (χ2v) is 8.61. The van der Waals surface area contributed by atoms with Crippen molar-refractivity contribution < 1.29 is 9.47 Å². The van der Waals surface area contributed by atoms with Gasteiger partial charge in [0.25, 0.3) is 0 Å². The van der Waals surface area contributed by atoms with Gasteiger partial charge in [-0.15, -0.1) is 0 Å². The van der Waals surface area contributed by atoms with Gasteiger partial charge < -0.3 is 14.8 Å². The van der Waals surface area contributed by atoms with Crippen LogP contribution in [0.5, 0.6) is 11.5 Å². The van der Waals surface area contributed by atoms with Gasteiger partial charge in [0.05, 0.1) is 11.1 Å². The van der Waals surface area contributed by atoms with Crippen LogP contribution < -0.4 is 14.8 Å². The van der Waals surface area contributed by atoms with Crippen LogP contribution in [-0.4, -0.2) is 12.6 Å². The quantitative estimate of drug-likeness (QED) is 0.429. The monoisotopic (exact) mass is 465 g/mol. The lowest BCUT2D eigenvalue weighted by Gasteiger charge is -2.19. The van der Waals surface area contributed by atoms with Gasteiger partial charge in [-0.25, -0.2) is 0 Å². The molecule has 0 spiro atoms. The zero-order valence-corrected chi connectivity index (χ0v) is 18.8. The van der Waals surface area contributed by atoms with E-state index in [2.05, 4.69) is 33.4 Å². The first-order chi connectivity index (χ1) is 13.7. The van der Waals surface area contributed by atoms with Gasteiger partial charge in [0.2, 0.25) is 0 Å². The molecule has 0 amide bonds. The van der Waals surface area contributed by atoms with Gasteiger partial charge in [0.1, 0.15) is 6.61 Å². The molecule has 3 rings (SSSR count). The summed E-state index contributed by atoms with van der Waals surface area (Å²) in [5, 5.41) is 4.45. The van der Waals surface area contributed by atoms with Crippen molar-refractivity contribution in [2.45, 2.75) is 64.6 Å². The number of hydrogen-bond acceptors (Lipinski definition) is 3. The van der Waals surface area contributed by atoms with E-state index in [1.807, 2.05) is 31.2 Å². The molecule has 5 heteroatoms. The standard InChI is InChI=1S/C23H29BrClNO2/c1-2-27-22-14-18(15-26-20-7-5-3-4-6-8-20)13-21(24)23(22)28-16-17-9-11-19(25)12-10-17/h9-14,20,26H,2-8,15-16H2,1H3. The Morgan fingerprint density at radius 1 is 1.00 bits per heavy atom. The summed E-state index contributed by atoms with van der Waals surface area (Å²) in [7, 11) is 0. The molecule has 0 bridgehead atoms. The first kappa shape index (κ1) is 21.5. The van der Waals surface area contributed by atoms with E-state index in [4.69, 9.17) is 21.1 Å². The van der Waals surface area contributed by atoms with Crippen molar-refractivity contribution in [1.82, 2.24) is 5.32 Å². The van der Waals surface area contributed by atoms with Crippen LogP contribution in [0.1, 0.15) is 56.6 Å². The fourth-order valence-corrected chi connectivity index (χ4v) is 4.34. The minimum absolute atomic E-state index is 0.468. The molecule has 1 saturated carbocycles. The Bertz CT molecular complexity index is 743. The fourth-order valence-electron chi connectivity index (χ4n) is 3.61. The average molecular weight is 467 g/mol. The summed E-state index contributed by atoms with van der Waals surface area (Å²) in [4.78, 5) is 0. The van der Waals surface area contributed by atoms with Crippen molar-refractivity contribution in [3.63, 3.8) is 0 Å². The van der Waals surface area contributed by atoms with E-state index < -0.39 is 0 Å². The summed E-state index contributed by atoms with van der Waals surface area (Å²) < 4.78 is 12.9. The summed E-state index contributed by atoms with van der Waals surface area (Å²) in [5.74, 6) is 1.53. The van der Waals surface area contributed by atoms with Crippen molar-refractivity contribution in [3.8, 4) is 11.5 Å². The number of ether oxygens (including phenoxy) is 2. The number of rotatable bonds is 8. The third-order valence-corrected chi connectivity index (χ3v) is 5.96. The molecule has 0 radical (unpaired) electrons. The first-order valence-electron chi connectivity index (χ1n) is 10.2. The van der Waals surface area contributed by atoms with E-state index in [0.29, 0.717) is 19.3 Å². The van der Waals surface area contributed by atoms with Gasteiger partial charge in [0, 0.05) is 17.6 Å². The highest BCUT2D eigenvalue weighted by molar-refractivity contribution is 9.10. The Morgan fingerprint density at radius 2 is 1.71 bits per heavy atom. The van der Waals surface area contributed by atoms with E-state index in [1.165, 1.54) is 44.1 Å². The SMILES string of the molecule is CCOc1cc(CNC2CCCCCC2)cc(Br)c1OCc1ccc(Cl)cc1. The van der Waals surface area contributed by atoms with Crippen LogP contribution in [0.2, 0.25) is 5.02 Å². The van der Waals surface area contributed by atoms with Crippen molar-refractivity contribution in [2.75, 3.05) is 6.61 Å². The second kappa shape index (κ2) is 11.1. The van der Waals surface area contributed by atoms with Crippen LogP contribution in [0.4, 0.5) is 0 Å². The predicted molar refractivity (Wildman–Crippen MR) is 119 cm³/mol. The summed E-state index contributed by atoms with van der Waals surface area (Å²) in [6.07, 6.45) is 7.98. The van der Waals surface area contributed by atoms with Crippen molar-refractivity contribution in [2.24, 2.45) is 0 Å². The zero-order valence-electron chi connectivity index (χ0n) is 16.5. The van der Waals surface area contributed by atoms with Gasteiger partial charge in [-0.05, 0) is 71.1 Å². The van der Waals surface area contributed by atoms with Gasteiger partial charge in [-0.1, -0.05) is 49.4 Å². The predicted octanol–water partition coefficient (Wildman–Crippen LogP) is 6.89. The minimum atomic E-state index is 0.468. The lowest BCUT2D eigenvalue weighted by Crippen LogP contribution is -2.27. The number of benzene rings is 2. The lowest BCUT2D eigenvalue weighted by atomic mass is 10.1. The third-order valence-electron chi connectivity index (χ3n) is 5.12. The van der Waals surface area contributed by atoms with Crippen LogP contribution in [0, 0.1) is 0 Å². The Morgan fingerprint density at radius 3 is 2.39 bits per heavy atom. The second-order valence-electron chi connectivity index (χ2n) is 7.32. The molecule has 152 valence electrons. The highest BCUT2D eigenvalue weighted by Gasteiger charge is 2.15. The lowest BCUT2D eigenvalue weighted by molar-refractivity contribution is 0.267. The topological polar surface area (TPSA) is 30.5 Å². The third kappa shape index (κ3) is 6.40. The molecule has 0 saturated heterocycles. The molecule has 3 nitrogen and oxygen atoms in total. The maximum Gasteiger partial charge on any atom is 0.175 e. The van der Waals surface area contributed by atoms with Gasteiger partial charge >= 0.3 is 0 Å². The Hall–Kier alpha value is -1.23. The molecule has 2 aromatic rings. The summed E-state index contributed by atoms with van der Waals surface area (Å²) in [5.41, 5.74) is 2.27. The van der Waals surface area contributed by atoms with E-state index in [1.54, 1.807) is 0 Å². The van der Waals surface area contributed by atoms with Gasteiger partial charge in [-0.3, -0.25) is 0 Å². The van der Waals surface area contributed by atoms with E-state index >= 15 is 0 Å². The smallest absolute Gasteiger partial charge is 0.175 e. The molecule has 0 atom stereocenters. The molecule has 28 heavy (non-hydrogen) atoms. The fraction of sp³-hybridized carbons (Fsp3) is 0.478. The normalized spacial score (nSPS) is 15.2. The summed E-state index contributed by atoms with van der Waals surface area (Å²) in [6, 6.07) is 12.5. The van der Waals surface area contributed by atoms with Crippen LogP contribution in [-0.2, 0) is 13.2 Å². The van der Waals surface area contributed by atoms with Crippen LogP contribution in [0.15, 0.2) is 40.9 Å². The van der Waals surface area contributed by atoms with Crippen LogP contribution in [0.3, 0.4) is 0 Å². The molecule has 1 aliphatic rings. The van der Waals surface area contributed by atoms with Crippen LogP contribution in [0.25, 0.3) is 0 Å². The molecule has 0 unspecified atom stereocenters. The summed E-state index contributed by atoms with van der Waals surface area (Å²) in [6.45, 7) is 3.91. The molecule has 1 fully saturated rings. The van der Waals surface area contributed by atoms with E-state index in [0.717, 1.165) is 33.1 Å². The molecule has 1 N–H and O–H groups in total. The molecule has 0 aromatic heterocycles. The zero-order chi connectivity index (χ0) is 19.8. The van der Waals surface area contributed by atoms with Crippen molar-refractivity contribution in [1.29, 1.82) is 0 Å².